The Labute approximate surface area is 160 Å². The van der Waals surface area contributed by atoms with Crippen LogP contribution >= 0.6 is 11.3 Å². The highest BCUT2D eigenvalue weighted by Crippen LogP contribution is 2.31. The van der Waals surface area contributed by atoms with Crippen molar-refractivity contribution in [3.63, 3.8) is 0 Å². The Bertz CT molecular complexity index is 1070. The van der Waals surface area contributed by atoms with Crippen molar-refractivity contribution in [2.75, 3.05) is 11.9 Å². The smallest absolute Gasteiger partial charge is 0.340 e. The lowest BCUT2D eigenvalue weighted by Crippen LogP contribution is -2.20. The van der Waals surface area contributed by atoms with E-state index < -0.39 is 5.63 Å². The van der Waals surface area contributed by atoms with E-state index in [1.807, 2.05) is 19.9 Å². The van der Waals surface area contributed by atoms with Crippen molar-refractivity contribution in [3.8, 4) is 5.75 Å². The zero-order valence-electron chi connectivity index (χ0n) is 15.4. The fourth-order valence-electron chi connectivity index (χ4n) is 2.77. The molecule has 27 heavy (non-hydrogen) atoms. The molecule has 2 heterocycles. The third kappa shape index (κ3) is 4.25. The van der Waals surface area contributed by atoms with E-state index in [-0.39, 0.29) is 12.3 Å². The van der Waals surface area contributed by atoms with Gasteiger partial charge in [-0.1, -0.05) is 6.58 Å². The third-order valence-electron chi connectivity index (χ3n) is 3.98. The largest absolute Gasteiger partial charge is 0.488 e. The van der Waals surface area contributed by atoms with Crippen molar-refractivity contribution < 1.29 is 13.9 Å². The van der Waals surface area contributed by atoms with Gasteiger partial charge in [-0.3, -0.25) is 4.79 Å². The van der Waals surface area contributed by atoms with Gasteiger partial charge in [-0.05, 0) is 49.6 Å². The zero-order valence-corrected chi connectivity index (χ0v) is 16.2. The molecular weight excluding hydrogens is 364 g/mol. The molecule has 0 aliphatic carbocycles. The number of carbonyl (C=O) groups is 1. The lowest BCUT2D eigenvalue weighted by molar-refractivity contribution is -0.115. The Kier molecular flexibility index (Phi) is 5.41. The van der Waals surface area contributed by atoms with Gasteiger partial charge in [0.15, 0.2) is 5.13 Å². The summed E-state index contributed by atoms with van der Waals surface area (Å²) < 4.78 is 11.3. The first kappa shape index (κ1) is 18.8. The van der Waals surface area contributed by atoms with Crippen LogP contribution in [-0.2, 0) is 11.2 Å². The summed E-state index contributed by atoms with van der Waals surface area (Å²) in [6.07, 6.45) is 1.50. The van der Waals surface area contributed by atoms with Gasteiger partial charge in [0, 0.05) is 11.6 Å². The molecule has 1 amide bonds. The Hall–Kier alpha value is -2.93. The molecule has 2 aromatic heterocycles. The lowest BCUT2D eigenvalue weighted by Gasteiger charge is -2.14. The lowest BCUT2D eigenvalue weighted by atomic mass is 10.0. The highest BCUT2D eigenvalue weighted by Gasteiger charge is 2.18. The second-order valence-corrected chi connectivity index (χ2v) is 7.33. The number of aromatic nitrogens is 1. The molecule has 6 nitrogen and oxygen atoms in total. The predicted molar refractivity (Wildman–Crippen MR) is 107 cm³/mol. The first-order valence-corrected chi connectivity index (χ1v) is 9.26. The van der Waals surface area contributed by atoms with Gasteiger partial charge in [0.1, 0.15) is 17.9 Å². The number of rotatable bonds is 6. The number of amides is 1. The average molecular weight is 384 g/mol. The van der Waals surface area contributed by atoms with Crippen molar-refractivity contribution in [2.45, 2.75) is 27.2 Å². The average Bonchev–Trinajstić information content (AvgIpc) is 3.08. The molecule has 0 aliphatic rings. The molecule has 3 aromatic rings. The first-order chi connectivity index (χ1) is 12.8. The van der Waals surface area contributed by atoms with Crippen molar-refractivity contribution in [2.24, 2.45) is 0 Å². The maximum Gasteiger partial charge on any atom is 0.340 e. The number of carbonyl (C=O) groups excluding carboxylic acids is 1. The van der Waals surface area contributed by atoms with Crippen LogP contribution in [0.4, 0.5) is 5.13 Å². The minimum absolute atomic E-state index is 0.0997. The van der Waals surface area contributed by atoms with Crippen LogP contribution in [0.25, 0.3) is 11.0 Å². The van der Waals surface area contributed by atoms with Crippen LogP contribution in [0.5, 0.6) is 5.75 Å². The molecule has 0 aliphatic heterocycles. The van der Waals surface area contributed by atoms with Crippen molar-refractivity contribution in [1.29, 1.82) is 0 Å². The quantitative estimate of drug-likeness (QED) is 0.513. The van der Waals surface area contributed by atoms with Gasteiger partial charge < -0.3 is 14.5 Å². The standard InChI is InChI=1S/C20H20N2O4S/c1-11(2)10-25-15-7-12(3)8-16-18(15)13(4)14(19(24)26-16)9-17(23)22-20-21-5-6-27-20/h5-8H,1,9-10H2,2-4H3,(H,21,22,23). The number of fused-ring (bicyclic) bond motifs is 1. The predicted octanol–water partition coefficient (Wildman–Crippen LogP) is 4.00. The van der Waals surface area contributed by atoms with Gasteiger partial charge in [-0.15, -0.1) is 11.3 Å². The number of hydrogen-bond donors (Lipinski definition) is 1. The van der Waals surface area contributed by atoms with Crippen LogP contribution in [0.1, 0.15) is 23.6 Å². The molecule has 0 radical (unpaired) electrons. The molecule has 0 atom stereocenters. The summed E-state index contributed by atoms with van der Waals surface area (Å²) in [5.41, 5.74) is 2.69. The SMILES string of the molecule is C=C(C)COc1cc(C)cc2oc(=O)c(CC(=O)Nc3nccs3)c(C)c12. The fourth-order valence-corrected chi connectivity index (χ4v) is 3.31. The first-order valence-electron chi connectivity index (χ1n) is 8.38. The topological polar surface area (TPSA) is 81.4 Å². The molecular formula is C20H20N2O4S. The highest BCUT2D eigenvalue weighted by atomic mass is 32.1. The van der Waals surface area contributed by atoms with Crippen molar-refractivity contribution >= 4 is 33.3 Å². The van der Waals surface area contributed by atoms with E-state index in [9.17, 15) is 9.59 Å². The summed E-state index contributed by atoms with van der Waals surface area (Å²) in [5, 5.41) is 5.63. The van der Waals surface area contributed by atoms with Crippen LogP contribution in [0.15, 0.2) is 45.1 Å². The molecule has 0 saturated carbocycles. The van der Waals surface area contributed by atoms with E-state index in [0.717, 1.165) is 11.1 Å². The van der Waals surface area contributed by atoms with Crippen LogP contribution < -0.4 is 15.7 Å². The molecule has 140 valence electrons. The molecule has 0 bridgehead atoms. The number of thiazole rings is 1. The molecule has 1 aromatic carbocycles. The fraction of sp³-hybridized carbons (Fsp3) is 0.250. The van der Waals surface area contributed by atoms with Crippen LogP contribution in [0.2, 0.25) is 0 Å². The minimum atomic E-state index is -0.522. The number of nitrogens with one attached hydrogen (secondary N) is 1. The van der Waals surface area contributed by atoms with Crippen molar-refractivity contribution in [1.82, 2.24) is 4.98 Å². The molecule has 0 saturated heterocycles. The Morgan fingerprint density at radius 2 is 2.15 bits per heavy atom. The van der Waals surface area contributed by atoms with Gasteiger partial charge in [0.2, 0.25) is 5.91 Å². The number of aryl methyl sites for hydroxylation is 2. The Morgan fingerprint density at radius 3 is 2.81 bits per heavy atom. The van der Waals surface area contributed by atoms with Gasteiger partial charge >= 0.3 is 5.63 Å². The number of nitrogens with zero attached hydrogens (tertiary/aromatic N) is 1. The summed E-state index contributed by atoms with van der Waals surface area (Å²) in [5.74, 6) is 0.284. The van der Waals surface area contributed by atoms with Crippen LogP contribution in [0.3, 0.4) is 0 Å². The second-order valence-electron chi connectivity index (χ2n) is 6.44. The molecule has 1 N–H and O–H groups in total. The van der Waals surface area contributed by atoms with E-state index in [2.05, 4.69) is 16.9 Å². The van der Waals surface area contributed by atoms with E-state index in [1.165, 1.54) is 11.3 Å². The van der Waals surface area contributed by atoms with Crippen molar-refractivity contribution in [3.05, 3.63) is 63.0 Å². The number of hydrogen-bond acceptors (Lipinski definition) is 6. The highest BCUT2D eigenvalue weighted by molar-refractivity contribution is 7.13. The molecule has 0 spiro atoms. The summed E-state index contributed by atoms with van der Waals surface area (Å²) in [7, 11) is 0. The summed E-state index contributed by atoms with van der Waals surface area (Å²) in [6.45, 7) is 9.78. The maximum absolute atomic E-state index is 12.5. The number of ether oxygens (including phenoxy) is 1. The summed E-state index contributed by atoms with van der Waals surface area (Å²) in [4.78, 5) is 28.8. The summed E-state index contributed by atoms with van der Waals surface area (Å²) >= 11 is 1.31. The van der Waals surface area contributed by atoms with E-state index in [1.54, 1.807) is 24.6 Å². The Balaban J connectivity index is 2.01. The number of benzene rings is 1. The van der Waals surface area contributed by atoms with Gasteiger partial charge in [-0.25, -0.2) is 9.78 Å². The molecule has 7 heteroatoms. The van der Waals surface area contributed by atoms with Crippen LogP contribution in [-0.4, -0.2) is 17.5 Å². The second kappa shape index (κ2) is 7.75. The third-order valence-corrected chi connectivity index (χ3v) is 4.67. The van der Waals surface area contributed by atoms with E-state index >= 15 is 0 Å². The van der Waals surface area contributed by atoms with E-state index in [4.69, 9.17) is 9.15 Å². The normalized spacial score (nSPS) is 10.8. The zero-order chi connectivity index (χ0) is 19.6. The number of anilines is 1. The molecule has 0 unspecified atom stereocenters. The van der Waals surface area contributed by atoms with Gasteiger partial charge in [0.25, 0.3) is 0 Å². The monoisotopic (exact) mass is 384 g/mol. The summed E-state index contributed by atoms with van der Waals surface area (Å²) in [6, 6.07) is 3.68. The molecule has 0 fully saturated rings. The Morgan fingerprint density at radius 1 is 1.37 bits per heavy atom. The van der Waals surface area contributed by atoms with Crippen LogP contribution in [0, 0.1) is 13.8 Å². The van der Waals surface area contributed by atoms with Gasteiger partial charge in [0.05, 0.1) is 17.4 Å². The molecule has 3 rings (SSSR count). The maximum atomic E-state index is 12.5. The van der Waals surface area contributed by atoms with E-state index in [0.29, 0.717) is 39.6 Å². The van der Waals surface area contributed by atoms with Gasteiger partial charge in [-0.2, -0.15) is 0 Å². The minimum Gasteiger partial charge on any atom is -0.488 e.